The standard InChI is InChI=1S/2C17H23NO4/c2*19-14-7-4-8-17(14)16(20)15-13(10-21-17)11-22-18(15)9-12-5-2-1-3-6-12/h2*1-3,5-6,13-16,19-20H,4,7-11H2/t2*13-,14+,15+,16-,17+/m11/s1. The Labute approximate surface area is 259 Å². The molecule has 0 radical (unpaired) electrons. The van der Waals surface area contributed by atoms with Crippen LogP contribution in [0.2, 0.25) is 0 Å². The molecular formula is C34H46N2O8. The van der Waals surface area contributed by atoms with Gasteiger partial charge in [-0.2, -0.15) is 10.1 Å². The van der Waals surface area contributed by atoms with Crippen molar-refractivity contribution >= 4 is 0 Å². The molecule has 0 unspecified atom stereocenters. The van der Waals surface area contributed by atoms with E-state index in [1.165, 1.54) is 0 Å². The molecule has 8 rings (SSSR count). The number of nitrogens with zero attached hydrogens (tertiary/aromatic N) is 2. The van der Waals surface area contributed by atoms with Gasteiger partial charge in [0.05, 0.1) is 50.7 Å². The average molecular weight is 611 g/mol. The van der Waals surface area contributed by atoms with E-state index >= 15 is 0 Å². The number of aliphatic hydroxyl groups excluding tert-OH is 4. The molecule has 240 valence electrons. The van der Waals surface area contributed by atoms with Gasteiger partial charge in [-0.15, -0.1) is 0 Å². The summed E-state index contributed by atoms with van der Waals surface area (Å²) in [5, 5.41) is 46.3. The van der Waals surface area contributed by atoms with Crippen molar-refractivity contribution in [2.45, 2.75) is 99.3 Å². The van der Waals surface area contributed by atoms with Crippen LogP contribution in [0.3, 0.4) is 0 Å². The van der Waals surface area contributed by atoms with Gasteiger partial charge in [0.2, 0.25) is 0 Å². The molecule has 10 atom stereocenters. The molecule has 2 aromatic rings. The lowest BCUT2D eigenvalue weighted by Crippen LogP contribution is -2.64. The van der Waals surface area contributed by atoms with Gasteiger partial charge in [-0.25, -0.2) is 0 Å². The second-order valence-corrected chi connectivity index (χ2v) is 13.5. The molecular weight excluding hydrogens is 564 g/mol. The predicted octanol–water partition coefficient (Wildman–Crippen LogP) is 2.19. The van der Waals surface area contributed by atoms with Crippen molar-refractivity contribution in [2.75, 3.05) is 26.4 Å². The van der Waals surface area contributed by atoms with Gasteiger partial charge in [-0.05, 0) is 49.7 Å². The van der Waals surface area contributed by atoms with Crippen LogP contribution < -0.4 is 0 Å². The number of ether oxygens (including phenoxy) is 2. The maximum atomic E-state index is 10.9. The fraction of sp³-hybridized carbons (Fsp3) is 0.647. The summed E-state index contributed by atoms with van der Waals surface area (Å²) < 4.78 is 11.9. The largest absolute Gasteiger partial charge is 0.390 e. The summed E-state index contributed by atoms with van der Waals surface area (Å²) in [7, 11) is 0. The molecule has 4 heterocycles. The SMILES string of the molecule is O[C@@H]1[C@@H]2[C@@H](CON2Cc2ccccc2)CO[C@]12CCC[C@@H]2O.O[C@@H]1[C@@H]2[C@@H](CON2Cc2ccccc2)CO[C@]12CCC[C@@H]2O. The van der Waals surface area contributed by atoms with Gasteiger partial charge in [0, 0.05) is 24.9 Å². The van der Waals surface area contributed by atoms with Crippen LogP contribution in [0.1, 0.15) is 49.7 Å². The molecule has 2 saturated carbocycles. The van der Waals surface area contributed by atoms with Crippen molar-refractivity contribution in [3.63, 3.8) is 0 Å². The molecule has 44 heavy (non-hydrogen) atoms. The lowest BCUT2D eigenvalue weighted by Gasteiger charge is -2.47. The number of fused-ring (bicyclic) bond motifs is 2. The molecule has 2 aliphatic carbocycles. The van der Waals surface area contributed by atoms with Crippen molar-refractivity contribution in [3.05, 3.63) is 71.8 Å². The third kappa shape index (κ3) is 5.43. The van der Waals surface area contributed by atoms with Crippen LogP contribution in [-0.4, -0.2) is 105 Å². The quantitative estimate of drug-likeness (QED) is 0.410. The number of hydroxylamine groups is 4. The first-order valence-corrected chi connectivity index (χ1v) is 16.3. The zero-order valence-corrected chi connectivity index (χ0v) is 25.2. The number of aliphatic hydroxyl groups is 4. The topological polar surface area (TPSA) is 124 Å². The van der Waals surface area contributed by atoms with E-state index in [4.69, 9.17) is 19.1 Å². The number of hydrogen-bond donors (Lipinski definition) is 4. The third-order valence-electron chi connectivity index (χ3n) is 10.9. The Kier molecular flexibility index (Phi) is 8.84. The minimum atomic E-state index is -0.802. The number of benzene rings is 2. The molecule has 6 fully saturated rings. The van der Waals surface area contributed by atoms with Crippen molar-refractivity contribution in [3.8, 4) is 0 Å². The van der Waals surface area contributed by atoms with Crippen molar-refractivity contribution in [2.24, 2.45) is 11.8 Å². The van der Waals surface area contributed by atoms with Crippen LogP contribution in [0.5, 0.6) is 0 Å². The van der Waals surface area contributed by atoms with Crippen molar-refractivity contribution < 1.29 is 39.6 Å². The average Bonchev–Trinajstić information content (AvgIpc) is 3.82. The second kappa shape index (κ2) is 12.7. The van der Waals surface area contributed by atoms with E-state index in [1.54, 1.807) is 0 Å². The second-order valence-electron chi connectivity index (χ2n) is 13.5. The van der Waals surface area contributed by atoms with Gasteiger partial charge in [-0.3, -0.25) is 9.68 Å². The summed E-state index contributed by atoms with van der Waals surface area (Å²) in [6.45, 7) is 3.52. The summed E-state index contributed by atoms with van der Waals surface area (Å²) in [5.41, 5.74) is 0.707. The maximum Gasteiger partial charge on any atom is 0.121 e. The van der Waals surface area contributed by atoms with Crippen LogP contribution in [-0.2, 0) is 32.2 Å². The Balaban J connectivity index is 0.000000142. The van der Waals surface area contributed by atoms with E-state index in [-0.39, 0.29) is 23.9 Å². The van der Waals surface area contributed by atoms with Crippen molar-refractivity contribution in [1.82, 2.24) is 10.1 Å². The fourth-order valence-electron chi connectivity index (χ4n) is 8.44. The molecule has 0 aromatic heterocycles. The van der Waals surface area contributed by atoms with Gasteiger partial charge in [0.1, 0.15) is 23.4 Å². The number of rotatable bonds is 4. The molecule has 4 saturated heterocycles. The predicted molar refractivity (Wildman–Crippen MR) is 160 cm³/mol. The van der Waals surface area contributed by atoms with E-state index in [0.717, 1.165) is 36.8 Å². The van der Waals surface area contributed by atoms with Gasteiger partial charge in [0.25, 0.3) is 0 Å². The van der Waals surface area contributed by atoms with Gasteiger partial charge in [0.15, 0.2) is 0 Å². The van der Waals surface area contributed by atoms with E-state index < -0.39 is 35.6 Å². The number of hydrogen-bond acceptors (Lipinski definition) is 10. The highest BCUT2D eigenvalue weighted by Crippen LogP contribution is 2.46. The van der Waals surface area contributed by atoms with Crippen LogP contribution in [0.15, 0.2) is 60.7 Å². The Morgan fingerprint density at radius 1 is 0.591 bits per heavy atom. The normalized spacial score (nSPS) is 41.9. The molecule has 4 aliphatic heterocycles. The smallest absolute Gasteiger partial charge is 0.121 e. The van der Waals surface area contributed by atoms with Crippen LogP contribution in [0.25, 0.3) is 0 Å². The summed E-state index contributed by atoms with van der Waals surface area (Å²) in [6.07, 6.45) is 2.05. The van der Waals surface area contributed by atoms with Gasteiger partial charge >= 0.3 is 0 Å². The summed E-state index contributed by atoms with van der Waals surface area (Å²) in [6, 6.07) is 20.0. The van der Waals surface area contributed by atoms with Crippen molar-refractivity contribution in [1.29, 1.82) is 0 Å². The molecule has 0 bridgehead atoms. The molecule has 2 spiro atoms. The third-order valence-corrected chi connectivity index (χ3v) is 10.9. The first kappa shape index (κ1) is 30.7. The first-order valence-electron chi connectivity index (χ1n) is 16.3. The van der Waals surface area contributed by atoms with E-state index in [0.29, 0.717) is 52.4 Å². The molecule has 0 amide bonds. The zero-order chi connectivity index (χ0) is 30.3. The highest BCUT2D eigenvalue weighted by molar-refractivity contribution is 5.17. The minimum Gasteiger partial charge on any atom is -0.390 e. The Hall–Kier alpha value is -1.96. The summed E-state index contributed by atoms with van der Waals surface area (Å²) in [5.74, 6) is 0.328. The Morgan fingerprint density at radius 3 is 1.36 bits per heavy atom. The van der Waals surface area contributed by atoms with E-state index in [1.807, 2.05) is 46.5 Å². The highest BCUT2D eigenvalue weighted by Gasteiger charge is 2.60. The highest BCUT2D eigenvalue weighted by atomic mass is 16.7. The zero-order valence-electron chi connectivity index (χ0n) is 25.2. The van der Waals surface area contributed by atoms with Crippen LogP contribution in [0, 0.1) is 11.8 Å². The van der Waals surface area contributed by atoms with Gasteiger partial charge in [-0.1, -0.05) is 60.7 Å². The fourth-order valence-corrected chi connectivity index (χ4v) is 8.44. The van der Waals surface area contributed by atoms with Crippen LogP contribution in [0.4, 0.5) is 0 Å². The van der Waals surface area contributed by atoms with E-state index in [2.05, 4.69) is 24.3 Å². The molecule has 4 N–H and O–H groups in total. The lowest BCUT2D eigenvalue weighted by molar-refractivity contribution is -0.241. The monoisotopic (exact) mass is 610 g/mol. The van der Waals surface area contributed by atoms with Crippen LogP contribution >= 0.6 is 0 Å². The van der Waals surface area contributed by atoms with Gasteiger partial charge < -0.3 is 29.9 Å². The minimum absolute atomic E-state index is 0.110. The maximum absolute atomic E-state index is 10.9. The molecule has 2 aromatic carbocycles. The molecule has 10 heteroatoms. The van der Waals surface area contributed by atoms with E-state index in [9.17, 15) is 20.4 Å². The first-order chi connectivity index (χ1) is 21.4. The summed E-state index contributed by atoms with van der Waals surface area (Å²) >= 11 is 0. The molecule has 10 nitrogen and oxygen atoms in total. The summed E-state index contributed by atoms with van der Waals surface area (Å²) in [4.78, 5) is 11.6. The Bertz CT molecular complexity index is 1140. The Morgan fingerprint density at radius 2 is 1.00 bits per heavy atom. The molecule has 6 aliphatic rings. The lowest BCUT2D eigenvalue weighted by atomic mass is 9.80.